The van der Waals surface area contributed by atoms with Crippen molar-refractivity contribution in [3.63, 3.8) is 0 Å². The van der Waals surface area contributed by atoms with Crippen molar-refractivity contribution < 1.29 is 24.2 Å². The standard InChI is InChI=1S/C11H19NO5/c1-4-7(2)10(14)12-8(11(15)16)5-6-9(13)17-3/h7-8H,4-6H2,1-3H3,(H,12,14)(H,15,16)/t7?,8-/m0/s1. The highest BCUT2D eigenvalue weighted by molar-refractivity contribution is 5.85. The average Bonchev–Trinajstić information content (AvgIpc) is 2.31. The van der Waals surface area contributed by atoms with Crippen LogP contribution in [0.15, 0.2) is 0 Å². The van der Waals surface area contributed by atoms with Gasteiger partial charge >= 0.3 is 11.9 Å². The number of hydrogen-bond donors (Lipinski definition) is 2. The fourth-order valence-corrected chi connectivity index (χ4v) is 1.12. The molecule has 0 radical (unpaired) electrons. The molecule has 0 aliphatic carbocycles. The molecular weight excluding hydrogens is 226 g/mol. The summed E-state index contributed by atoms with van der Waals surface area (Å²) in [4.78, 5) is 33.3. The van der Waals surface area contributed by atoms with E-state index < -0.39 is 18.0 Å². The third kappa shape index (κ3) is 5.89. The monoisotopic (exact) mass is 245 g/mol. The topological polar surface area (TPSA) is 92.7 Å². The molecule has 0 fully saturated rings. The van der Waals surface area contributed by atoms with Crippen LogP contribution in [0.4, 0.5) is 0 Å². The van der Waals surface area contributed by atoms with Crippen LogP contribution in [0.1, 0.15) is 33.1 Å². The molecule has 0 saturated heterocycles. The van der Waals surface area contributed by atoms with E-state index in [1.54, 1.807) is 6.92 Å². The molecule has 1 amide bonds. The van der Waals surface area contributed by atoms with E-state index in [4.69, 9.17) is 5.11 Å². The summed E-state index contributed by atoms with van der Waals surface area (Å²) in [6.45, 7) is 3.56. The summed E-state index contributed by atoms with van der Waals surface area (Å²) in [5, 5.41) is 11.3. The van der Waals surface area contributed by atoms with Gasteiger partial charge in [-0.15, -0.1) is 0 Å². The van der Waals surface area contributed by atoms with Crippen molar-refractivity contribution in [1.29, 1.82) is 0 Å². The minimum absolute atomic E-state index is 0.0319. The predicted molar refractivity (Wildman–Crippen MR) is 60.3 cm³/mol. The number of ether oxygens (including phenoxy) is 1. The predicted octanol–water partition coefficient (Wildman–Crippen LogP) is 0.555. The summed E-state index contributed by atoms with van der Waals surface area (Å²) < 4.78 is 4.41. The van der Waals surface area contributed by atoms with Crippen molar-refractivity contribution in [2.24, 2.45) is 5.92 Å². The molecular formula is C11H19NO5. The van der Waals surface area contributed by atoms with Gasteiger partial charge in [-0.1, -0.05) is 13.8 Å². The Labute approximate surface area is 100 Å². The Morgan fingerprint density at radius 1 is 1.35 bits per heavy atom. The number of amides is 1. The van der Waals surface area contributed by atoms with Gasteiger partial charge in [-0.3, -0.25) is 9.59 Å². The van der Waals surface area contributed by atoms with Crippen molar-refractivity contribution in [2.75, 3.05) is 7.11 Å². The lowest BCUT2D eigenvalue weighted by Gasteiger charge is -2.16. The first-order chi connectivity index (χ1) is 7.92. The molecule has 98 valence electrons. The smallest absolute Gasteiger partial charge is 0.326 e. The molecule has 0 rings (SSSR count). The molecule has 0 saturated carbocycles. The highest BCUT2D eigenvalue weighted by atomic mass is 16.5. The van der Waals surface area contributed by atoms with Crippen LogP contribution in [0, 0.1) is 5.92 Å². The quantitative estimate of drug-likeness (QED) is 0.639. The van der Waals surface area contributed by atoms with Crippen LogP contribution in [0.5, 0.6) is 0 Å². The largest absolute Gasteiger partial charge is 0.480 e. The number of carboxylic acids is 1. The van der Waals surface area contributed by atoms with Crippen LogP contribution in [0.2, 0.25) is 0 Å². The van der Waals surface area contributed by atoms with Gasteiger partial charge in [0.05, 0.1) is 7.11 Å². The van der Waals surface area contributed by atoms with Crippen LogP contribution >= 0.6 is 0 Å². The fraction of sp³-hybridized carbons (Fsp3) is 0.727. The van der Waals surface area contributed by atoms with Crippen molar-refractivity contribution in [2.45, 2.75) is 39.2 Å². The lowest BCUT2D eigenvalue weighted by Crippen LogP contribution is -2.43. The second-order valence-corrected chi connectivity index (χ2v) is 3.82. The lowest BCUT2D eigenvalue weighted by molar-refractivity contribution is -0.144. The Kier molecular flexibility index (Phi) is 6.93. The van der Waals surface area contributed by atoms with E-state index in [2.05, 4.69) is 10.1 Å². The van der Waals surface area contributed by atoms with Crippen LogP contribution in [-0.4, -0.2) is 36.1 Å². The Hall–Kier alpha value is -1.59. The Morgan fingerprint density at radius 3 is 2.35 bits per heavy atom. The third-order valence-electron chi connectivity index (χ3n) is 2.54. The van der Waals surface area contributed by atoms with E-state index in [1.807, 2.05) is 6.92 Å². The maximum absolute atomic E-state index is 11.5. The van der Waals surface area contributed by atoms with Crippen molar-refractivity contribution in [3.8, 4) is 0 Å². The maximum atomic E-state index is 11.5. The average molecular weight is 245 g/mol. The zero-order valence-corrected chi connectivity index (χ0v) is 10.4. The minimum atomic E-state index is -1.15. The third-order valence-corrected chi connectivity index (χ3v) is 2.54. The molecule has 0 aromatic carbocycles. The second kappa shape index (κ2) is 7.65. The number of carbonyl (C=O) groups is 3. The Morgan fingerprint density at radius 2 is 1.94 bits per heavy atom. The summed E-state index contributed by atoms with van der Waals surface area (Å²) in [6.07, 6.45) is 0.633. The second-order valence-electron chi connectivity index (χ2n) is 3.82. The van der Waals surface area contributed by atoms with Gasteiger partial charge in [0, 0.05) is 12.3 Å². The summed E-state index contributed by atoms with van der Waals surface area (Å²) in [5.74, 6) is -2.20. The van der Waals surface area contributed by atoms with Gasteiger partial charge in [-0.05, 0) is 12.8 Å². The molecule has 0 aliphatic rings. The number of aliphatic carboxylic acids is 1. The SMILES string of the molecule is CCC(C)C(=O)N[C@@H](CCC(=O)OC)C(=O)O. The van der Waals surface area contributed by atoms with Gasteiger partial charge in [0.1, 0.15) is 6.04 Å². The fourth-order valence-electron chi connectivity index (χ4n) is 1.12. The molecule has 0 aliphatic heterocycles. The molecule has 0 heterocycles. The van der Waals surface area contributed by atoms with Gasteiger partial charge in [-0.2, -0.15) is 0 Å². The maximum Gasteiger partial charge on any atom is 0.326 e. The zero-order valence-electron chi connectivity index (χ0n) is 10.4. The van der Waals surface area contributed by atoms with Crippen LogP contribution < -0.4 is 5.32 Å². The molecule has 2 atom stereocenters. The van der Waals surface area contributed by atoms with E-state index in [0.717, 1.165) is 0 Å². The van der Waals surface area contributed by atoms with E-state index in [9.17, 15) is 14.4 Å². The molecule has 0 bridgehead atoms. The van der Waals surface area contributed by atoms with E-state index in [1.165, 1.54) is 7.11 Å². The number of carbonyl (C=O) groups excluding carboxylic acids is 2. The number of hydrogen-bond acceptors (Lipinski definition) is 4. The van der Waals surface area contributed by atoms with Crippen LogP contribution in [0.25, 0.3) is 0 Å². The molecule has 0 aromatic rings. The number of nitrogens with one attached hydrogen (secondary N) is 1. The molecule has 6 heteroatoms. The molecule has 1 unspecified atom stereocenters. The van der Waals surface area contributed by atoms with Crippen LogP contribution in [-0.2, 0) is 19.1 Å². The van der Waals surface area contributed by atoms with E-state index >= 15 is 0 Å². The molecule has 2 N–H and O–H groups in total. The van der Waals surface area contributed by atoms with Gasteiger partial charge in [0.25, 0.3) is 0 Å². The first-order valence-corrected chi connectivity index (χ1v) is 5.52. The first-order valence-electron chi connectivity index (χ1n) is 5.52. The summed E-state index contributed by atoms with van der Waals surface area (Å²) in [5.41, 5.74) is 0. The summed E-state index contributed by atoms with van der Waals surface area (Å²) in [6, 6.07) is -1.05. The number of carboxylic acid groups (broad SMARTS) is 1. The summed E-state index contributed by atoms with van der Waals surface area (Å²) in [7, 11) is 1.23. The van der Waals surface area contributed by atoms with Crippen molar-refractivity contribution in [1.82, 2.24) is 5.32 Å². The molecule has 17 heavy (non-hydrogen) atoms. The first kappa shape index (κ1) is 15.4. The van der Waals surface area contributed by atoms with Gasteiger partial charge in [0.15, 0.2) is 0 Å². The molecule has 0 spiro atoms. The highest BCUT2D eigenvalue weighted by Gasteiger charge is 2.23. The Bertz CT molecular complexity index is 290. The highest BCUT2D eigenvalue weighted by Crippen LogP contribution is 2.04. The normalized spacial score (nSPS) is 13.6. The molecule has 0 aromatic heterocycles. The van der Waals surface area contributed by atoms with Gasteiger partial charge in [0.2, 0.25) is 5.91 Å². The van der Waals surface area contributed by atoms with Gasteiger partial charge < -0.3 is 15.2 Å². The lowest BCUT2D eigenvalue weighted by atomic mass is 10.1. The minimum Gasteiger partial charge on any atom is -0.480 e. The van der Waals surface area contributed by atoms with Crippen LogP contribution in [0.3, 0.4) is 0 Å². The number of methoxy groups -OCH3 is 1. The Balaban J connectivity index is 4.30. The zero-order chi connectivity index (χ0) is 13.4. The van der Waals surface area contributed by atoms with E-state index in [0.29, 0.717) is 6.42 Å². The van der Waals surface area contributed by atoms with E-state index in [-0.39, 0.29) is 24.7 Å². The van der Waals surface area contributed by atoms with Crippen molar-refractivity contribution >= 4 is 17.8 Å². The summed E-state index contributed by atoms with van der Waals surface area (Å²) >= 11 is 0. The van der Waals surface area contributed by atoms with Gasteiger partial charge in [-0.25, -0.2) is 4.79 Å². The number of rotatable bonds is 7. The number of esters is 1. The molecule has 6 nitrogen and oxygen atoms in total. The van der Waals surface area contributed by atoms with Crippen molar-refractivity contribution in [3.05, 3.63) is 0 Å².